The smallest absolute Gasteiger partial charge is 0.252 e. The van der Waals surface area contributed by atoms with E-state index < -0.39 is 0 Å². The summed E-state index contributed by atoms with van der Waals surface area (Å²) in [7, 11) is 0. The van der Waals surface area contributed by atoms with Crippen LogP contribution >= 0.6 is 0 Å². The molecule has 1 amide bonds. The van der Waals surface area contributed by atoms with E-state index in [-0.39, 0.29) is 11.9 Å². The number of hydrogen-bond donors (Lipinski definition) is 1. The molecule has 2 aromatic rings. The average Bonchev–Trinajstić information content (AvgIpc) is 2.61. The predicted octanol–water partition coefficient (Wildman–Crippen LogP) is 5.06. The quantitative estimate of drug-likeness (QED) is 0.837. The molecule has 2 heteroatoms. The molecule has 126 valence electrons. The third-order valence-corrected chi connectivity index (χ3v) is 5.13. The zero-order valence-electron chi connectivity index (χ0n) is 15.0. The summed E-state index contributed by atoms with van der Waals surface area (Å²) in [4.78, 5) is 12.7. The number of amides is 1. The van der Waals surface area contributed by atoms with E-state index in [2.05, 4.69) is 30.4 Å². The minimum Gasteiger partial charge on any atom is -0.345 e. The van der Waals surface area contributed by atoms with Gasteiger partial charge in [-0.05, 0) is 74.3 Å². The zero-order valence-corrected chi connectivity index (χ0v) is 15.0. The maximum absolute atomic E-state index is 12.7. The van der Waals surface area contributed by atoms with Crippen LogP contribution < -0.4 is 5.32 Å². The maximum Gasteiger partial charge on any atom is 0.252 e. The highest BCUT2D eigenvalue weighted by atomic mass is 16.1. The van der Waals surface area contributed by atoms with E-state index in [0.717, 1.165) is 23.1 Å². The molecule has 0 aromatic heterocycles. The van der Waals surface area contributed by atoms with Crippen LogP contribution in [0.2, 0.25) is 0 Å². The Hall–Kier alpha value is -2.09. The molecule has 0 aliphatic heterocycles. The lowest BCUT2D eigenvalue weighted by atomic mass is 9.88. The molecule has 1 aliphatic rings. The lowest BCUT2D eigenvalue weighted by Gasteiger charge is -2.22. The zero-order chi connectivity index (χ0) is 17.1. The second-order valence-electron chi connectivity index (χ2n) is 6.99. The van der Waals surface area contributed by atoms with Crippen molar-refractivity contribution in [1.82, 2.24) is 5.32 Å². The topological polar surface area (TPSA) is 29.1 Å². The summed E-state index contributed by atoms with van der Waals surface area (Å²) in [5.41, 5.74) is 7.12. The number of carbonyl (C=O) groups is 1. The molecule has 24 heavy (non-hydrogen) atoms. The summed E-state index contributed by atoms with van der Waals surface area (Å²) in [6, 6.07) is 12.9. The molecule has 0 heterocycles. The monoisotopic (exact) mass is 321 g/mol. The summed E-state index contributed by atoms with van der Waals surface area (Å²) < 4.78 is 0. The number of benzene rings is 2. The van der Waals surface area contributed by atoms with Crippen LogP contribution in [0.25, 0.3) is 0 Å². The molecule has 3 rings (SSSR count). The van der Waals surface area contributed by atoms with E-state index in [1.165, 1.54) is 42.4 Å². The molecule has 1 unspecified atom stereocenters. The Morgan fingerprint density at radius 3 is 2.54 bits per heavy atom. The summed E-state index contributed by atoms with van der Waals surface area (Å²) >= 11 is 0. The second-order valence-corrected chi connectivity index (χ2v) is 6.99. The Morgan fingerprint density at radius 2 is 1.79 bits per heavy atom. The van der Waals surface area contributed by atoms with Gasteiger partial charge in [-0.1, -0.05) is 42.8 Å². The molecule has 0 saturated carbocycles. The minimum absolute atomic E-state index is 0.0285. The first-order valence-corrected chi connectivity index (χ1v) is 9.08. The van der Waals surface area contributed by atoms with Crippen molar-refractivity contribution in [3.05, 3.63) is 69.8 Å². The first-order valence-electron chi connectivity index (χ1n) is 9.08. The van der Waals surface area contributed by atoms with Crippen LogP contribution in [0.1, 0.15) is 70.4 Å². The van der Waals surface area contributed by atoms with Crippen molar-refractivity contribution < 1.29 is 4.79 Å². The Kier molecular flexibility index (Phi) is 5.03. The first kappa shape index (κ1) is 16.8. The van der Waals surface area contributed by atoms with E-state index in [0.29, 0.717) is 0 Å². The number of hydrogen-bond acceptors (Lipinski definition) is 1. The van der Waals surface area contributed by atoms with Crippen LogP contribution in [0, 0.1) is 13.8 Å². The molecule has 2 nitrogen and oxygen atoms in total. The number of aryl methyl sites for hydroxylation is 4. The molecule has 0 radical (unpaired) electrons. The van der Waals surface area contributed by atoms with Crippen LogP contribution in [0.3, 0.4) is 0 Å². The van der Waals surface area contributed by atoms with Crippen molar-refractivity contribution in [1.29, 1.82) is 0 Å². The number of rotatable bonds is 4. The van der Waals surface area contributed by atoms with Gasteiger partial charge in [0.05, 0.1) is 6.04 Å². The van der Waals surface area contributed by atoms with Crippen LogP contribution in [0.15, 0.2) is 36.4 Å². The van der Waals surface area contributed by atoms with Gasteiger partial charge in [-0.15, -0.1) is 0 Å². The van der Waals surface area contributed by atoms with Crippen molar-refractivity contribution in [2.75, 3.05) is 0 Å². The lowest BCUT2D eigenvalue weighted by molar-refractivity contribution is 0.0935. The van der Waals surface area contributed by atoms with Crippen LogP contribution in [-0.2, 0) is 12.8 Å². The summed E-state index contributed by atoms with van der Waals surface area (Å²) in [6.45, 7) is 6.15. The SMILES string of the molecule is CCC(NC(=O)c1cc(C)ccc1C)c1ccc2c(c1)CCCC2. The van der Waals surface area contributed by atoms with Crippen molar-refractivity contribution in [3.63, 3.8) is 0 Å². The molecule has 1 atom stereocenters. The fraction of sp³-hybridized carbons (Fsp3) is 0.409. The fourth-order valence-electron chi connectivity index (χ4n) is 3.61. The minimum atomic E-state index is 0.0285. The van der Waals surface area contributed by atoms with Crippen molar-refractivity contribution in [2.45, 2.75) is 58.9 Å². The summed E-state index contributed by atoms with van der Waals surface area (Å²) in [5.74, 6) is 0.0285. The van der Waals surface area contributed by atoms with Gasteiger partial charge in [0, 0.05) is 5.56 Å². The largest absolute Gasteiger partial charge is 0.345 e. The number of fused-ring (bicyclic) bond motifs is 1. The van der Waals surface area contributed by atoms with Gasteiger partial charge in [-0.25, -0.2) is 0 Å². The fourth-order valence-corrected chi connectivity index (χ4v) is 3.61. The molecule has 0 bridgehead atoms. The first-order chi connectivity index (χ1) is 11.6. The van der Waals surface area contributed by atoms with Gasteiger partial charge >= 0.3 is 0 Å². The predicted molar refractivity (Wildman–Crippen MR) is 99.5 cm³/mol. The molecule has 0 fully saturated rings. The van der Waals surface area contributed by atoms with Gasteiger partial charge in [0.1, 0.15) is 0 Å². The normalized spacial score (nSPS) is 14.8. The Morgan fingerprint density at radius 1 is 1.04 bits per heavy atom. The maximum atomic E-state index is 12.7. The second kappa shape index (κ2) is 7.21. The van der Waals surface area contributed by atoms with E-state index in [1.807, 2.05) is 32.0 Å². The molecule has 0 saturated heterocycles. The third-order valence-electron chi connectivity index (χ3n) is 5.13. The van der Waals surface area contributed by atoms with Gasteiger partial charge in [0.15, 0.2) is 0 Å². The Bertz CT molecular complexity index is 748. The summed E-state index contributed by atoms with van der Waals surface area (Å²) in [5, 5.41) is 3.24. The highest BCUT2D eigenvalue weighted by Crippen LogP contribution is 2.26. The van der Waals surface area contributed by atoms with Gasteiger partial charge in [0.25, 0.3) is 5.91 Å². The molecular formula is C22H27NO. The Labute approximate surface area is 145 Å². The Balaban J connectivity index is 1.81. The van der Waals surface area contributed by atoms with E-state index in [9.17, 15) is 4.79 Å². The average molecular weight is 321 g/mol. The molecule has 0 spiro atoms. The van der Waals surface area contributed by atoms with Crippen molar-refractivity contribution >= 4 is 5.91 Å². The van der Waals surface area contributed by atoms with Crippen LogP contribution in [-0.4, -0.2) is 5.91 Å². The van der Waals surface area contributed by atoms with E-state index in [1.54, 1.807) is 0 Å². The standard InChI is InChI=1S/C22H27NO/c1-4-21(19-12-11-17-7-5-6-8-18(17)14-19)23-22(24)20-13-15(2)9-10-16(20)3/h9-14,21H,4-8H2,1-3H3,(H,23,24). The highest BCUT2D eigenvalue weighted by molar-refractivity contribution is 5.96. The molecular weight excluding hydrogens is 294 g/mol. The van der Waals surface area contributed by atoms with E-state index in [4.69, 9.17) is 0 Å². The van der Waals surface area contributed by atoms with Gasteiger partial charge in [-0.2, -0.15) is 0 Å². The van der Waals surface area contributed by atoms with E-state index >= 15 is 0 Å². The molecule has 1 aliphatic carbocycles. The van der Waals surface area contributed by atoms with Crippen molar-refractivity contribution in [2.24, 2.45) is 0 Å². The van der Waals surface area contributed by atoms with Crippen molar-refractivity contribution in [3.8, 4) is 0 Å². The van der Waals surface area contributed by atoms with Gasteiger partial charge in [0.2, 0.25) is 0 Å². The number of nitrogens with one attached hydrogen (secondary N) is 1. The number of carbonyl (C=O) groups excluding carboxylic acids is 1. The third kappa shape index (κ3) is 3.53. The summed E-state index contributed by atoms with van der Waals surface area (Å²) in [6.07, 6.45) is 5.84. The van der Waals surface area contributed by atoms with Crippen LogP contribution in [0.5, 0.6) is 0 Å². The highest BCUT2D eigenvalue weighted by Gasteiger charge is 2.18. The molecule has 2 aromatic carbocycles. The van der Waals surface area contributed by atoms with Crippen LogP contribution in [0.4, 0.5) is 0 Å². The lowest BCUT2D eigenvalue weighted by Crippen LogP contribution is -2.29. The molecule has 1 N–H and O–H groups in total. The van der Waals surface area contributed by atoms with Gasteiger partial charge in [-0.3, -0.25) is 4.79 Å². The van der Waals surface area contributed by atoms with Gasteiger partial charge < -0.3 is 5.32 Å².